The third-order valence-electron chi connectivity index (χ3n) is 5.13. The topological polar surface area (TPSA) is 87.0 Å². The van der Waals surface area contributed by atoms with Crippen molar-refractivity contribution in [3.05, 3.63) is 33.3 Å². The summed E-state index contributed by atoms with van der Waals surface area (Å²) in [5, 5.41) is 11.4. The van der Waals surface area contributed by atoms with Gasteiger partial charge in [0.05, 0.1) is 4.92 Å². The number of rotatable bonds is 4. The minimum absolute atomic E-state index is 0.165. The van der Waals surface area contributed by atoms with E-state index in [2.05, 4.69) is 16.8 Å². The van der Waals surface area contributed by atoms with Crippen LogP contribution in [-0.2, 0) is 10.0 Å². The van der Waals surface area contributed by atoms with Crippen molar-refractivity contribution < 1.29 is 13.3 Å². The van der Waals surface area contributed by atoms with Gasteiger partial charge in [-0.25, -0.2) is 8.42 Å². The van der Waals surface area contributed by atoms with Gasteiger partial charge in [-0.2, -0.15) is 4.31 Å². The molecule has 0 N–H and O–H groups in total. The van der Waals surface area contributed by atoms with Crippen LogP contribution in [0.25, 0.3) is 0 Å². The molecule has 144 valence electrons. The Bertz CT molecular complexity index is 780. The summed E-state index contributed by atoms with van der Waals surface area (Å²) >= 11 is 5.89. The molecule has 2 heterocycles. The Kier molecular flexibility index (Phi) is 5.83. The highest BCUT2D eigenvalue weighted by Crippen LogP contribution is 2.30. The average Bonchev–Trinajstić information content (AvgIpc) is 2.61. The number of nitro benzene ring substituents is 1. The van der Waals surface area contributed by atoms with Gasteiger partial charge in [0.1, 0.15) is 0 Å². The van der Waals surface area contributed by atoms with E-state index in [1.807, 2.05) is 0 Å². The summed E-state index contributed by atoms with van der Waals surface area (Å²) in [5.74, 6) is 0. The van der Waals surface area contributed by atoms with Crippen molar-refractivity contribution in [2.24, 2.45) is 0 Å². The second-order valence-electron chi connectivity index (χ2n) is 6.87. The Hall–Kier alpha value is -1.26. The lowest BCUT2D eigenvalue weighted by Gasteiger charge is -2.42. The minimum Gasteiger partial charge on any atom is -0.305 e. The van der Waals surface area contributed by atoms with E-state index in [-0.39, 0.29) is 9.92 Å². The Morgan fingerprint density at radius 2 is 1.88 bits per heavy atom. The number of benzene rings is 1. The van der Waals surface area contributed by atoms with E-state index in [0.29, 0.717) is 32.2 Å². The number of likely N-dealkylation sites (tertiary alicyclic amines) is 1. The van der Waals surface area contributed by atoms with Gasteiger partial charge in [-0.05, 0) is 38.6 Å². The number of hydrogen-bond acceptors (Lipinski definition) is 6. The van der Waals surface area contributed by atoms with Crippen molar-refractivity contribution >= 4 is 27.3 Å². The van der Waals surface area contributed by atoms with Crippen LogP contribution in [0.2, 0.25) is 5.02 Å². The van der Waals surface area contributed by atoms with Gasteiger partial charge >= 0.3 is 0 Å². The summed E-state index contributed by atoms with van der Waals surface area (Å²) in [4.78, 5) is 14.8. The Morgan fingerprint density at radius 3 is 2.50 bits per heavy atom. The molecule has 3 rings (SSSR count). The zero-order valence-electron chi connectivity index (χ0n) is 14.7. The van der Waals surface area contributed by atoms with Crippen LogP contribution in [0.15, 0.2) is 23.1 Å². The van der Waals surface area contributed by atoms with E-state index in [9.17, 15) is 18.5 Å². The molecule has 0 saturated carbocycles. The van der Waals surface area contributed by atoms with Gasteiger partial charge in [0.15, 0.2) is 4.90 Å². The number of nitrogens with zero attached hydrogens (tertiary/aromatic N) is 4. The molecule has 1 atom stereocenters. The van der Waals surface area contributed by atoms with E-state index in [1.54, 1.807) is 0 Å². The lowest BCUT2D eigenvalue weighted by molar-refractivity contribution is -0.387. The van der Waals surface area contributed by atoms with E-state index >= 15 is 0 Å². The summed E-state index contributed by atoms with van der Waals surface area (Å²) in [7, 11) is -1.85. The smallest absolute Gasteiger partial charge is 0.289 e. The first kappa shape index (κ1) is 19.5. The van der Waals surface area contributed by atoms with Crippen LogP contribution in [0.1, 0.15) is 12.8 Å². The first-order chi connectivity index (χ1) is 12.3. The molecular formula is C16H23ClN4O4S. The lowest BCUT2D eigenvalue weighted by atomic mass is 10.0. The van der Waals surface area contributed by atoms with Crippen LogP contribution in [0.5, 0.6) is 0 Å². The summed E-state index contributed by atoms with van der Waals surface area (Å²) in [6.45, 7) is 4.01. The van der Waals surface area contributed by atoms with Crippen LogP contribution in [0, 0.1) is 10.1 Å². The molecule has 2 aliphatic heterocycles. The third kappa shape index (κ3) is 4.01. The fourth-order valence-electron chi connectivity index (χ4n) is 3.73. The van der Waals surface area contributed by atoms with Crippen LogP contribution < -0.4 is 0 Å². The molecule has 2 saturated heterocycles. The average molecular weight is 403 g/mol. The number of hydrogen-bond donors (Lipinski definition) is 0. The molecule has 0 spiro atoms. The third-order valence-corrected chi connectivity index (χ3v) is 7.29. The largest absolute Gasteiger partial charge is 0.305 e. The summed E-state index contributed by atoms with van der Waals surface area (Å²) in [6.07, 6.45) is 2.27. The van der Waals surface area contributed by atoms with Crippen molar-refractivity contribution in [3.8, 4) is 0 Å². The van der Waals surface area contributed by atoms with Crippen molar-refractivity contribution in [1.82, 2.24) is 14.1 Å². The molecule has 10 heteroatoms. The quantitative estimate of drug-likeness (QED) is 0.562. The highest BCUT2D eigenvalue weighted by atomic mass is 35.5. The second kappa shape index (κ2) is 7.77. The van der Waals surface area contributed by atoms with Crippen molar-refractivity contribution in [2.45, 2.75) is 23.8 Å². The van der Waals surface area contributed by atoms with E-state index in [0.717, 1.165) is 38.1 Å². The first-order valence-electron chi connectivity index (χ1n) is 8.66. The van der Waals surface area contributed by atoms with Crippen LogP contribution >= 0.6 is 11.6 Å². The molecule has 1 aromatic carbocycles. The van der Waals surface area contributed by atoms with Gasteiger partial charge in [-0.15, -0.1) is 0 Å². The van der Waals surface area contributed by atoms with Crippen molar-refractivity contribution in [1.29, 1.82) is 0 Å². The zero-order chi connectivity index (χ0) is 18.9. The standard InChI is InChI=1S/C16H23ClN4O4S/c1-18-6-2-3-14(12-18)19-7-9-20(10-8-19)26(24,25)16-11-13(17)4-5-15(16)21(22)23/h4-5,11,14H,2-3,6-10,12H2,1H3. The predicted octanol–water partition coefficient (Wildman–Crippen LogP) is 1.65. The second-order valence-corrected chi connectivity index (χ2v) is 9.21. The zero-order valence-corrected chi connectivity index (χ0v) is 16.2. The molecule has 1 unspecified atom stereocenters. The van der Waals surface area contributed by atoms with Crippen molar-refractivity contribution in [3.63, 3.8) is 0 Å². The summed E-state index contributed by atoms with van der Waals surface area (Å²) in [5.41, 5.74) is -0.439. The van der Waals surface area contributed by atoms with Gasteiger partial charge in [0, 0.05) is 49.9 Å². The number of likely N-dealkylation sites (N-methyl/N-ethyl adjacent to an activating group) is 1. The fraction of sp³-hybridized carbons (Fsp3) is 0.625. The highest BCUT2D eigenvalue weighted by molar-refractivity contribution is 7.89. The van der Waals surface area contributed by atoms with Gasteiger partial charge in [-0.3, -0.25) is 15.0 Å². The summed E-state index contributed by atoms with van der Waals surface area (Å²) in [6, 6.07) is 4.08. The molecule has 8 nitrogen and oxygen atoms in total. The molecule has 2 aliphatic rings. The maximum absolute atomic E-state index is 12.9. The molecule has 0 amide bonds. The Balaban J connectivity index is 1.74. The molecule has 0 bridgehead atoms. The normalized spacial score (nSPS) is 23.8. The van der Waals surface area contributed by atoms with Gasteiger partial charge in [-0.1, -0.05) is 11.6 Å². The molecule has 0 aliphatic carbocycles. The lowest BCUT2D eigenvalue weighted by Crippen LogP contribution is -2.55. The van der Waals surface area contributed by atoms with Gasteiger partial charge < -0.3 is 4.90 Å². The van der Waals surface area contributed by atoms with Gasteiger partial charge in [0.2, 0.25) is 10.0 Å². The maximum Gasteiger partial charge on any atom is 0.289 e. The molecule has 1 aromatic rings. The predicted molar refractivity (Wildman–Crippen MR) is 99.0 cm³/mol. The number of piperidine rings is 1. The molecule has 2 fully saturated rings. The Morgan fingerprint density at radius 1 is 1.19 bits per heavy atom. The minimum atomic E-state index is -3.95. The van der Waals surface area contributed by atoms with Crippen molar-refractivity contribution in [2.75, 3.05) is 46.3 Å². The van der Waals surface area contributed by atoms with E-state index in [4.69, 9.17) is 11.6 Å². The maximum atomic E-state index is 12.9. The summed E-state index contributed by atoms with van der Waals surface area (Å²) < 4.78 is 27.2. The number of halogens is 1. The van der Waals surface area contributed by atoms with E-state index < -0.39 is 20.6 Å². The highest BCUT2D eigenvalue weighted by Gasteiger charge is 2.35. The SMILES string of the molecule is CN1CCCC(N2CCN(S(=O)(=O)c3cc(Cl)ccc3[N+](=O)[O-])CC2)C1. The monoisotopic (exact) mass is 402 g/mol. The number of nitro groups is 1. The van der Waals surface area contributed by atoms with Crippen LogP contribution in [-0.4, -0.2) is 79.8 Å². The van der Waals surface area contributed by atoms with Crippen LogP contribution in [0.3, 0.4) is 0 Å². The van der Waals surface area contributed by atoms with Crippen LogP contribution in [0.4, 0.5) is 5.69 Å². The molecular weight excluding hydrogens is 380 g/mol. The molecule has 0 aromatic heterocycles. The molecule has 0 radical (unpaired) electrons. The Labute approximate surface area is 158 Å². The first-order valence-corrected chi connectivity index (χ1v) is 10.5. The number of piperazine rings is 1. The van der Waals surface area contributed by atoms with E-state index in [1.165, 1.54) is 10.4 Å². The van der Waals surface area contributed by atoms with Gasteiger partial charge in [0.25, 0.3) is 5.69 Å². The molecule has 26 heavy (non-hydrogen) atoms. The number of sulfonamides is 1. The fourth-order valence-corrected chi connectivity index (χ4v) is 5.57.